The monoisotopic (exact) mass is 637 g/mol. The molecule has 0 unspecified atom stereocenters. The third-order valence-electron chi connectivity index (χ3n) is 10.2. The fourth-order valence-electron chi connectivity index (χ4n) is 7.92. The van der Waals surface area contributed by atoms with Crippen molar-refractivity contribution in [3.63, 3.8) is 0 Å². The van der Waals surface area contributed by atoms with E-state index in [0.717, 1.165) is 55.3 Å². The molecule has 1 aliphatic rings. The van der Waals surface area contributed by atoms with Crippen molar-refractivity contribution in [1.82, 2.24) is 9.97 Å². The van der Waals surface area contributed by atoms with Crippen LogP contribution in [-0.4, -0.2) is 9.97 Å². The van der Waals surface area contributed by atoms with Gasteiger partial charge in [-0.15, -0.1) is 0 Å². The first-order chi connectivity index (χ1) is 24.8. The van der Waals surface area contributed by atoms with Gasteiger partial charge in [-0.2, -0.15) is 0 Å². The van der Waals surface area contributed by atoms with Crippen LogP contribution < -0.4 is 4.90 Å². The predicted octanol–water partition coefficient (Wildman–Crippen LogP) is 12.6. The predicted molar refractivity (Wildman–Crippen MR) is 206 cm³/mol. The number of rotatable bonds is 3. The molecular formula is C46H27N3O. The molecule has 0 radical (unpaired) electrons. The molecule has 4 heteroatoms. The Morgan fingerprint density at radius 1 is 0.460 bits per heavy atom. The number of hydrogen-bond acceptors (Lipinski definition) is 4. The molecular weight excluding hydrogens is 611 g/mol. The van der Waals surface area contributed by atoms with Gasteiger partial charge in [0.2, 0.25) is 0 Å². The van der Waals surface area contributed by atoms with Crippen LogP contribution in [-0.2, 0) is 0 Å². The summed E-state index contributed by atoms with van der Waals surface area (Å²) in [5, 5.41) is 8.13. The van der Waals surface area contributed by atoms with Crippen LogP contribution in [0.2, 0.25) is 0 Å². The van der Waals surface area contributed by atoms with E-state index in [0.29, 0.717) is 5.82 Å². The first-order valence-electron chi connectivity index (χ1n) is 16.9. The van der Waals surface area contributed by atoms with Crippen LogP contribution in [0.4, 0.5) is 17.1 Å². The third kappa shape index (κ3) is 3.93. The van der Waals surface area contributed by atoms with E-state index >= 15 is 0 Å². The van der Waals surface area contributed by atoms with Crippen molar-refractivity contribution in [2.24, 2.45) is 0 Å². The second kappa shape index (κ2) is 10.4. The summed E-state index contributed by atoms with van der Waals surface area (Å²) in [5.74, 6) is 0.680. The van der Waals surface area contributed by atoms with E-state index in [1.165, 1.54) is 44.0 Å². The lowest BCUT2D eigenvalue weighted by Crippen LogP contribution is -2.15. The summed E-state index contributed by atoms with van der Waals surface area (Å²) in [4.78, 5) is 12.8. The van der Waals surface area contributed by atoms with E-state index in [1.54, 1.807) is 0 Å². The summed E-state index contributed by atoms with van der Waals surface area (Å²) in [6.07, 6.45) is 0. The lowest BCUT2D eigenvalue weighted by atomic mass is 9.88. The SMILES string of the molecule is c1cc(-c2nc(-c3ccc4c(c3)oc3ccccc34)c3ccccc3n2)cc(N2c3c(ccc4ccccc34)-c3cccc4cccc2c34)c1. The molecule has 0 fully saturated rings. The molecule has 0 saturated carbocycles. The fraction of sp³-hybridized carbons (Fsp3) is 0. The van der Waals surface area contributed by atoms with Gasteiger partial charge in [0.1, 0.15) is 11.2 Å². The van der Waals surface area contributed by atoms with Gasteiger partial charge in [0.05, 0.1) is 22.6 Å². The molecule has 0 saturated heterocycles. The van der Waals surface area contributed by atoms with Crippen LogP contribution in [0.15, 0.2) is 168 Å². The zero-order valence-electron chi connectivity index (χ0n) is 26.8. The van der Waals surface area contributed by atoms with Crippen molar-refractivity contribution >= 4 is 71.4 Å². The zero-order chi connectivity index (χ0) is 32.8. The molecule has 4 nitrogen and oxygen atoms in total. The third-order valence-corrected chi connectivity index (χ3v) is 10.2. The quantitative estimate of drug-likeness (QED) is 0.193. The molecule has 11 rings (SSSR count). The minimum absolute atomic E-state index is 0.680. The molecule has 0 bridgehead atoms. The van der Waals surface area contributed by atoms with Crippen LogP contribution >= 0.6 is 0 Å². The number of benzene rings is 8. The van der Waals surface area contributed by atoms with Crippen LogP contribution in [0.3, 0.4) is 0 Å². The van der Waals surface area contributed by atoms with Crippen molar-refractivity contribution in [3.05, 3.63) is 164 Å². The Hall–Kier alpha value is -6.78. The number of fused-ring (bicyclic) bond motifs is 8. The van der Waals surface area contributed by atoms with Crippen LogP contribution in [0.25, 0.3) is 88.2 Å². The zero-order valence-corrected chi connectivity index (χ0v) is 26.8. The Kier molecular flexibility index (Phi) is 5.63. The van der Waals surface area contributed by atoms with Crippen LogP contribution in [0.5, 0.6) is 0 Å². The van der Waals surface area contributed by atoms with Gasteiger partial charge < -0.3 is 9.32 Å². The van der Waals surface area contributed by atoms with E-state index in [-0.39, 0.29) is 0 Å². The molecule has 0 atom stereocenters. The molecule has 10 aromatic rings. The molecule has 1 aliphatic heterocycles. The Labute approximate surface area is 287 Å². The van der Waals surface area contributed by atoms with Gasteiger partial charge in [-0.3, -0.25) is 0 Å². The molecule has 0 aliphatic carbocycles. The average molecular weight is 638 g/mol. The largest absolute Gasteiger partial charge is 0.456 e. The number of aromatic nitrogens is 2. The van der Waals surface area contributed by atoms with E-state index in [2.05, 4.69) is 138 Å². The Bertz CT molecular complexity index is 3010. The summed E-state index contributed by atoms with van der Waals surface area (Å²) in [6.45, 7) is 0. The smallest absolute Gasteiger partial charge is 0.160 e. The summed E-state index contributed by atoms with van der Waals surface area (Å²) in [6, 6.07) is 57.9. The standard InChI is InChI=1S/C46H27N3O/c1-2-15-33-28(10-1)22-25-37-36-18-8-11-29-12-9-20-40(43(29)36)49(45(33)37)32-14-7-13-31(26-32)46-47-39-19-5-3-17-38(39)44(48-46)30-23-24-35-34-16-4-6-21-41(34)50-42(35)27-30/h1-27H. The molecule has 3 heterocycles. The van der Waals surface area contributed by atoms with Gasteiger partial charge >= 0.3 is 0 Å². The average Bonchev–Trinajstić information content (AvgIpc) is 3.56. The molecule has 50 heavy (non-hydrogen) atoms. The fourth-order valence-corrected chi connectivity index (χ4v) is 7.92. The van der Waals surface area contributed by atoms with Gasteiger partial charge in [-0.1, -0.05) is 121 Å². The van der Waals surface area contributed by atoms with Gasteiger partial charge in [-0.25, -0.2) is 9.97 Å². The van der Waals surface area contributed by atoms with Crippen molar-refractivity contribution in [3.8, 4) is 33.8 Å². The highest BCUT2D eigenvalue weighted by molar-refractivity contribution is 6.19. The number of furan rings is 1. The van der Waals surface area contributed by atoms with Crippen molar-refractivity contribution in [1.29, 1.82) is 0 Å². The highest BCUT2D eigenvalue weighted by Crippen LogP contribution is 2.53. The number of anilines is 3. The molecule has 8 aromatic carbocycles. The summed E-state index contributed by atoms with van der Waals surface area (Å²) in [7, 11) is 0. The topological polar surface area (TPSA) is 42.2 Å². The number of para-hydroxylation sites is 2. The van der Waals surface area contributed by atoms with E-state index < -0.39 is 0 Å². The highest BCUT2D eigenvalue weighted by Gasteiger charge is 2.28. The van der Waals surface area contributed by atoms with Crippen molar-refractivity contribution < 1.29 is 4.42 Å². The second-order valence-electron chi connectivity index (χ2n) is 13.0. The molecule has 0 amide bonds. The molecule has 0 spiro atoms. The van der Waals surface area contributed by atoms with Gasteiger partial charge in [0, 0.05) is 49.3 Å². The first kappa shape index (κ1) is 27.2. The Balaban J connectivity index is 1.12. The van der Waals surface area contributed by atoms with E-state index in [1.807, 2.05) is 30.3 Å². The van der Waals surface area contributed by atoms with Crippen LogP contribution in [0, 0.1) is 0 Å². The minimum Gasteiger partial charge on any atom is -0.456 e. The maximum Gasteiger partial charge on any atom is 0.160 e. The molecule has 0 N–H and O–H groups in total. The van der Waals surface area contributed by atoms with Gasteiger partial charge in [0.25, 0.3) is 0 Å². The van der Waals surface area contributed by atoms with Gasteiger partial charge in [-0.05, 0) is 58.8 Å². The van der Waals surface area contributed by atoms with Crippen molar-refractivity contribution in [2.75, 3.05) is 4.90 Å². The maximum absolute atomic E-state index is 6.28. The van der Waals surface area contributed by atoms with Crippen LogP contribution in [0.1, 0.15) is 0 Å². The number of hydrogen-bond donors (Lipinski definition) is 0. The molecule has 232 valence electrons. The highest BCUT2D eigenvalue weighted by atomic mass is 16.3. The number of nitrogens with zero attached hydrogens (tertiary/aromatic N) is 3. The Morgan fingerprint density at radius 2 is 1.22 bits per heavy atom. The van der Waals surface area contributed by atoms with E-state index in [4.69, 9.17) is 14.4 Å². The second-order valence-corrected chi connectivity index (χ2v) is 13.0. The van der Waals surface area contributed by atoms with Gasteiger partial charge in [0.15, 0.2) is 5.82 Å². The first-order valence-corrected chi connectivity index (χ1v) is 16.9. The normalized spacial score (nSPS) is 12.4. The summed E-state index contributed by atoms with van der Waals surface area (Å²) >= 11 is 0. The minimum atomic E-state index is 0.680. The lowest BCUT2D eigenvalue weighted by molar-refractivity contribution is 0.669. The summed E-state index contributed by atoms with van der Waals surface area (Å²) in [5.41, 5.74) is 11.4. The molecule has 2 aromatic heterocycles. The maximum atomic E-state index is 6.28. The Morgan fingerprint density at radius 3 is 2.16 bits per heavy atom. The van der Waals surface area contributed by atoms with E-state index in [9.17, 15) is 0 Å². The lowest BCUT2D eigenvalue weighted by Gasteiger charge is -2.34. The van der Waals surface area contributed by atoms with Crippen molar-refractivity contribution in [2.45, 2.75) is 0 Å². The summed E-state index contributed by atoms with van der Waals surface area (Å²) < 4.78 is 6.28.